The molecule has 1 heterocycles. The molecule has 0 atom stereocenters. The molecule has 0 radical (unpaired) electrons. The Morgan fingerprint density at radius 2 is 2.16 bits per heavy atom. The SMILES string of the molecule is Cc1ccc(CNc2ccc(C(N)=S)c(Cl)c2)cn1. The van der Waals surface area contributed by atoms with Crippen LogP contribution in [0.3, 0.4) is 0 Å². The predicted molar refractivity (Wildman–Crippen MR) is 83.6 cm³/mol. The molecule has 0 saturated heterocycles. The average molecular weight is 292 g/mol. The summed E-state index contributed by atoms with van der Waals surface area (Å²) >= 11 is 11.0. The van der Waals surface area contributed by atoms with Gasteiger partial charge in [0.15, 0.2) is 0 Å². The Hall–Kier alpha value is -1.65. The van der Waals surface area contributed by atoms with Gasteiger partial charge >= 0.3 is 0 Å². The molecule has 3 nitrogen and oxygen atoms in total. The van der Waals surface area contributed by atoms with Gasteiger partial charge in [-0.2, -0.15) is 0 Å². The lowest BCUT2D eigenvalue weighted by molar-refractivity contribution is 1.09. The molecule has 0 aliphatic heterocycles. The van der Waals surface area contributed by atoms with E-state index in [9.17, 15) is 0 Å². The number of hydrogen-bond donors (Lipinski definition) is 2. The molecule has 0 aliphatic carbocycles. The van der Waals surface area contributed by atoms with Crippen LogP contribution in [0.25, 0.3) is 0 Å². The number of aryl methyl sites for hydroxylation is 1. The van der Waals surface area contributed by atoms with Crippen LogP contribution in [-0.4, -0.2) is 9.97 Å². The zero-order valence-electron chi connectivity index (χ0n) is 10.5. The van der Waals surface area contributed by atoms with Crippen molar-refractivity contribution in [3.05, 3.63) is 58.4 Å². The van der Waals surface area contributed by atoms with E-state index in [0.717, 1.165) is 16.9 Å². The van der Waals surface area contributed by atoms with Crippen LogP contribution in [0.15, 0.2) is 36.5 Å². The minimum atomic E-state index is 0.305. The summed E-state index contributed by atoms with van der Waals surface area (Å²) in [5, 5.41) is 3.83. The van der Waals surface area contributed by atoms with Crippen LogP contribution >= 0.6 is 23.8 Å². The number of hydrogen-bond acceptors (Lipinski definition) is 3. The molecule has 2 rings (SSSR count). The van der Waals surface area contributed by atoms with Crippen molar-refractivity contribution in [1.82, 2.24) is 4.98 Å². The molecule has 2 aromatic rings. The molecule has 0 bridgehead atoms. The standard InChI is InChI=1S/C14H14ClN3S/c1-9-2-3-10(7-17-9)8-18-11-4-5-12(14(16)19)13(15)6-11/h2-7,18H,8H2,1H3,(H2,16,19). The van der Waals surface area contributed by atoms with Crippen LogP contribution in [0.5, 0.6) is 0 Å². The van der Waals surface area contributed by atoms with Crippen LogP contribution in [0, 0.1) is 6.92 Å². The summed E-state index contributed by atoms with van der Waals surface area (Å²) in [6.45, 7) is 2.65. The van der Waals surface area contributed by atoms with Gasteiger partial charge in [0.25, 0.3) is 0 Å². The van der Waals surface area contributed by atoms with Gasteiger partial charge in [-0.25, -0.2) is 0 Å². The number of aromatic nitrogens is 1. The first-order valence-electron chi connectivity index (χ1n) is 5.81. The van der Waals surface area contributed by atoms with Gasteiger partial charge in [0.05, 0.1) is 5.02 Å². The average Bonchev–Trinajstić information content (AvgIpc) is 2.37. The quantitative estimate of drug-likeness (QED) is 0.849. The van der Waals surface area contributed by atoms with Crippen molar-refractivity contribution in [3.63, 3.8) is 0 Å². The number of pyridine rings is 1. The van der Waals surface area contributed by atoms with E-state index < -0.39 is 0 Å². The summed E-state index contributed by atoms with van der Waals surface area (Å²) in [5.74, 6) is 0. The first-order chi connectivity index (χ1) is 9.06. The van der Waals surface area contributed by atoms with E-state index in [0.29, 0.717) is 22.1 Å². The molecule has 0 fully saturated rings. The number of nitrogens with two attached hydrogens (primary N) is 1. The zero-order chi connectivity index (χ0) is 13.8. The van der Waals surface area contributed by atoms with Crippen LogP contribution < -0.4 is 11.1 Å². The van der Waals surface area contributed by atoms with E-state index in [1.165, 1.54) is 0 Å². The Bertz CT molecular complexity index is 596. The first kappa shape index (κ1) is 13.8. The van der Waals surface area contributed by atoms with Crippen molar-refractivity contribution in [2.45, 2.75) is 13.5 Å². The number of thiocarbonyl (C=S) groups is 1. The lowest BCUT2D eigenvalue weighted by Crippen LogP contribution is -2.10. The molecule has 19 heavy (non-hydrogen) atoms. The van der Waals surface area contributed by atoms with Gasteiger partial charge in [-0.05, 0) is 36.8 Å². The number of halogens is 1. The third kappa shape index (κ3) is 3.66. The monoisotopic (exact) mass is 291 g/mol. The second-order valence-electron chi connectivity index (χ2n) is 4.22. The van der Waals surface area contributed by atoms with Gasteiger partial charge in [-0.15, -0.1) is 0 Å². The van der Waals surface area contributed by atoms with E-state index in [4.69, 9.17) is 29.6 Å². The van der Waals surface area contributed by atoms with Crippen molar-refractivity contribution in [2.24, 2.45) is 5.73 Å². The van der Waals surface area contributed by atoms with Crippen molar-refractivity contribution in [2.75, 3.05) is 5.32 Å². The lowest BCUT2D eigenvalue weighted by Gasteiger charge is -2.09. The molecule has 98 valence electrons. The van der Waals surface area contributed by atoms with Gasteiger partial charge in [0, 0.05) is 29.7 Å². The highest BCUT2D eigenvalue weighted by Crippen LogP contribution is 2.21. The molecule has 0 unspecified atom stereocenters. The van der Waals surface area contributed by atoms with Crippen molar-refractivity contribution >= 4 is 34.5 Å². The molecule has 1 aromatic carbocycles. The normalized spacial score (nSPS) is 10.2. The number of benzene rings is 1. The minimum Gasteiger partial charge on any atom is -0.389 e. The van der Waals surface area contributed by atoms with Crippen LogP contribution in [0.2, 0.25) is 5.02 Å². The van der Waals surface area contributed by atoms with Gasteiger partial charge in [0.1, 0.15) is 4.99 Å². The van der Waals surface area contributed by atoms with Crippen molar-refractivity contribution in [1.29, 1.82) is 0 Å². The van der Waals surface area contributed by atoms with Gasteiger partial charge < -0.3 is 11.1 Å². The van der Waals surface area contributed by atoms with E-state index in [1.807, 2.05) is 43.5 Å². The minimum absolute atomic E-state index is 0.305. The Morgan fingerprint density at radius 3 is 2.74 bits per heavy atom. The summed E-state index contributed by atoms with van der Waals surface area (Å²) < 4.78 is 0. The smallest absolute Gasteiger partial charge is 0.105 e. The fourth-order valence-corrected chi connectivity index (χ4v) is 2.15. The summed E-state index contributed by atoms with van der Waals surface area (Å²) in [6, 6.07) is 9.57. The van der Waals surface area contributed by atoms with Crippen molar-refractivity contribution < 1.29 is 0 Å². The molecular weight excluding hydrogens is 278 g/mol. The second kappa shape index (κ2) is 5.99. The summed E-state index contributed by atoms with van der Waals surface area (Å²) in [5.41, 5.74) is 9.30. The summed E-state index contributed by atoms with van der Waals surface area (Å²) in [4.78, 5) is 4.55. The van der Waals surface area contributed by atoms with Gasteiger partial charge in [-0.1, -0.05) is 29.9 Å². The molecule has 5 heteroatoms. The molecule has 0 amide bonds. The van der Waals surface area contributed by atoms with E-state index in [-0.39, 0.29) is 0 Å². The fourth-order valence-electron chi connectivity index (χ4n) is 1.63. The maximum absolute atomic E-state index is 6.11. The molecule has 0 saturated carbocycles. The van der Waals surface area contributed by atoms with E-state index >= 15 is 0 Å². The largest absolute Gasteiger partial charge is 0.389 e. The second-order valence-corrected chi connectivity index (χ2v) is 5.07. The van der Waals surface area contributed by atoms with E-state index in [1.54, 1.807) is 0 Å². The highest BCUT2D eigenvalue weighted by molar-refractivity contribution is 7.80. The van der Waals surface area contributed by atoms with Crippen molar-refractivity contribution in [3.8, 4) is 0 Å². The van der Waals surface area contributed by atoms with Gasteiger partial charge in [-0.3, -0.25) is 4.98 Å². The molecule has 0 spiro atoms. The third-order valence-corrected chi connectivity index (χ3v) is 3.24. The first-order valence-corrected chi connectivity index (χ1v) is 6.59. The highest BCUT2D eigenvalue weighted by atomic mass is 35.5. The fraction of sp³-hybridized carbons (Fsp3) is 0.143. The van der Waals surface area contributed by atoms with Gasteiger partial charge in [0.2, 0.25) is 0 Å². The topological polar surface area (TPSA) is 50.9 Å². The highest BCUT2D eigenvalue weighted by Gasteiger charge is 2.04. The predicted octanol–water partition coefficient (Wildman–Crippen LogP) is 3.29. The maximum atomic E-state index is 6.11. The Morgan fingerprint density at radius 1 is 1.37 bits per heavy atom. The van der Waals surface area contributed by atoms with Crippen LogP contribution in [0.1, 0.15) is 16.8 Å². The maximum Gasteiger partial charge on any atom is 0.105 e. The summed E-state index contributed by atoms with van der Waals surface area (Å²) in [7, 11) is 0. The lowest BCUT2D eigenvalue weighted by atomic mass is 10.2. The van der Waals surface area contributed by atoms with Crippen LogP contribution in [0.4, 0.5) is 5.69 Å². The molecule has 3 N–H and O–H groups in total. The Balaban J connectivity index is 2.06. The Labute approximate surface area is 122 Å². The number of anilines is 1. The third-order valence-electron chi connectivity index (χ3n) is 2.70. The number of nitrogens with zero attached hydrogens (tertiary/aromatic N) is 1. The number of nitrogens with one attached hydrogen (secondary N) is 1. The summed E-state index contributed by atoms with van der Waals surface area (Å²) in [6.07, 6.45) is 1.85. The van der Waals surface area contributed by atoms with Crippen LogP contribution in [-0.2, 0) is 6.54 Å². The molecule has 0 aliphatic rings. The van der Waals surface area contributed by atoms with E-state index in [2.05, 4.69) is 10.3 Å². The Kier molecular flexibility index (Phi) is 4.35. The number of rotatable bonds is 4. The molecular formula is C14H14ClN3S. The zero-order valence-corrected chi connectivity index (χ0v) is 12.1. The molecule has 1 aromatic heterocycles.